The van der Waals surface area contributed by atoms with Gasteiger partial charge >= 0.3 is 0 Å². The number of rotatable bonds is 17. The van der Waals surface area contributed by atoms with Crippen molar-refractivity contribution in [1.29, 1.82) is 0 Å². The summed E-state index contributed by atoms with van der Waals surface area (Å²) in [4.78, 5) is 47.1. The third-order valence-corrected chi connectivity index (χ3v) is 7.54. The molecule has 3 rings (SSSR count). The fraction of sp³-hybridized carbons (Fsp3) is 0.545. The molecule has 1 saturated heterocycles. The monoisotopic (exact) mass is 565 g/mol. The molecule has 0 aromatic heterocycles. The number of benzene rings is 2. The van der Waals surface area contributed by atoms with Crippen LogP contribution in [0.3, 0.4) is 0 Å². The summed E-state index contributed by atoms with van der Waals surface area (Å²) >= 11 is 0. The van der Waals surface area contributed by atoms with E-state index in [0.29, 0.717) is 26.2 Å². The van der Waals surface area contributed by atoms with E-state index in [1.165, 1.54) is 0 Å². The van der Waals surface area contributed by atoms with E-state index in [9.17, 15) is 14.4 Å². The van der Waals surface area contributed by atoms with E-state index in [1.807, 2.05) is 79.4 Å². The SMILES string of the molecule is CCCCC[C@@H](CC(=O)NOCc1ccccc1)C(=O)N[C@@H](C(=O)N1CCC[C@@H]1COCc1ccccc1)C(C)C. The maximum absolute atomic E-state index is 13.7. The van der Waals surface area contributed by atoms with Crippen molar-refractivity contribution in [3.8, 4) is 0 Å². The Morgan fingerprint density at radius 3 is 2.24 bits per heavy atom. The molecule has 8 nitrogen and oxygen atoms in total. The molecule has 3 amide bonds. The van der Waals surface area contributed by atoms with Crippen LogP contribution in [-0.4, -0.2) is 47.9 Å². The van der Waals surface area contributed by atoms with Crippen molar-refractivity contribution in [3.05, 3.63) is 71.8 Å². The summed E-state index contributed by atoms with van der Waals surface area (Å²) < 4.78 is 5.97. The molecular formula is C33H47N3O5. The van der Waals surface area contributed by atoms with Crippen molar-refractivity contribution in [2.24, 2.45) is 11.8 Å². The summed E-state index contributed by atoms with van der Waals surface area (Å²) in [6.07, 6.45) is 5.18. The first-order chi connectivity index (χ1) is 19.9. The molecule has 3 atom stereocenters. The minimum atomic E-state index is -0.664. The number of hydroxylamine groups is 1. The van der Waals surface area contributed by atoms with Gasteiger partial charge in [0.05, 0.1) is 25.9 Å². The number of hydrogen-bond donors (Lipinski definition) is 2. The molecule has 2 aromatic carbocycles. The number of nitrogens with one attached hydrogen (secondary N) is 2. The Labute approximate surface area is 245 Å². The second-order valence-corrected chi connectivity index (χ2v) is 11.3. The van der Waals surface area contributed by atoms with Crippen LogP contribution in [0.5, 0.6) is 0 Å². The van der Waals surface area contributed by atoms with Crippen LogP contribution < -0.4 is 10.8 Å². The van der Waals surface area contributed by atoms with E-state index < -0.39 is 12.0 Å². The molecule has 0 unspecified atom stereocenters. The van der Waals surface area contributed by atoms with Crippen LogP contribution in [0.1, 0.15) is 76.8 Å². The van der Waals surface area contributed by atoms with Gasteiger partial charge in [0.1, 0.15) is 6.04 Å². The van der Waals surface area contributed by atoms with Crippen LogP contribution in [0.15, 0.2) is 60.7 Å². The average molecular weight is 566 g/mol. The molecule has 2 N–H and O–H groups in total. The fourth-order valence-corrected chi connectivity index (χ4v) is 5.16. The summed E-state index contributed by atoms with van der Waals surface area (Å²) in [6, 6.07) is 18.9. The van der Waals surface area contributed by atoms with E-state index in [-0.39, 0.29) is 42.7 Å². The minimum Gasteiger partial charge on any atom is -0.375 e. The van der Waals surface area contributed by atoms with Gasteiger partial charge in [-0.3, -0.25) is 19.2 Å². The summed E-state index contributed by atoms with van der Waals surface area (Å²) in [5.41, 5.74) is 4.52. The maximum atomic E-state index is 13.7. The lowest BCUT2D eigenvalue weighted by Gasteiger charge is -2.32. The molecule has 2 aromatic rings. The normalized spacial score (nSPS) is 16.4. The van der Waals surface area contributed by atoms with Crippen molar-refractivity contribution in [2.45, 2.75) is 91.0 Å². The van der Waals surface area contributed by atoms with Gasteiger partial charge in [0.15, 0.2) is 0 Å². The average Bonchev–Trinajstić information content (AvgIpc) is 3.44. The summed E-state index contributed by atoms with van der Waals surface area (Å²) in [7, 11) is 0. The molecule has 1 aliphatic rings. The highest BCUT2D eigenvalue weighted by molar-refractivity contribution is 5.91. The summed E-state index contributed by atoms with van der Waals surface area (Å²) in [5.74, 6) is -1.33. The topological polar surface area (TPSA) is 97.0 Å². The zero-order valence-electron chi connectivity index (χ0n) is 24.8. The quantitative estimate of drug-likeness (QED) is 0.204. The van der Waals surface area contributed by atoms with Gasteiger partial charge in [-0.2, -0.15) is 0 Å². The van der Waals surface area contributed by atoms with Crippen molar-refractivity contribution >= 4 is 17.7 Å². The first-order valence-electron chi connectivity index (χ1n) is 15.1. The number of hydrogen-bond acceptors (Lipinski definition) is 5. The van der Waals surface area contributed by atoms with E-state index >= 15 is 0 Å². The molecule has 41 heavy (non-hydrogen) atoms. The number of ether oxygens (including phenoxy) is 1. The number of carbonyl (C=O) groups is 3. The molecule has 0 aliphatic carbocycles. The van der Waals surface area contributed by atoms with Gasteiger partial charge in [-0.1, -0.05) is 101 Å². The zero-order valence-corrected chi connectivity index (χ0v) is 24.8. The molecule has 0 saturated carbocycles. The number of amides is 3. The van der Waals surface area contributed by atoms with Crippen molar-refractivity contribution < 1.29 is 24.0 Å². The van der Waals surface area contributed by atoms with Crippen molar-refractivity contribution in [1.82, 2.24) is 15.7 Å². The van der Waals surface area contributed by atoms with Crippen molar-refractivity contribution in [3.63, 3.8) is 0 Å². The molecule has 0 bridgehead atoms. The third-order valence-electron chi connectivity index (χ3n) is 7.54. The van der Waals surface area contributed by atoms with Gasteiger partial charge in [0.2, 0.25) is 17.7 Å². The van der Waals surface area contributed by atoms with E-state index in [2.05, 4.69) is 17.7 Å². The number of unbranched alkanes of at least 4 members (excludes halogenated alkanes) is 2. The highest BCUT2D eigenvalue weighted by Crippen LogP contribution is 2.22. The van der Waals surface area contributed by atoms with Crippen molar-refractivity contribution in [2.75, 3.05) is 13.2 Å². The first kappa shape index (κ1) is 32.3. The molecule has 1 heterocycles. The van der Waals surface area contributed by atoms with Gasteiger partial charge in [-0.15, -0.1) is 0 Å². The lowest BCUT2D eigenvalue weighted by molar-refractivity contribution is -0.142. The zero-order chi connectivity index (χ0) is 29.5. The highest BCUT2D eigenvalue weighted by atomic mass is 16.6. The molecule has 224 valence electrons. The van der Waals surface area contributed by atoms with Gasteiger partial charge in [-0.25, -0.2) is 5.48 Å². The van der Waals surface area contributed by atoms with Crippen LogP contribution in [0.25, 0.3) is 0 Å². The Kier molecular flexibility index (Phi) is 13.8. The largest absolute Gasteiger partial charge is 0.375 e. The Morgan fingerprint density at radius 2 is 1.61 bits per heavy atom. The number of carbonyl (C=O) groups excluding carboxylic acids is 3. The van der Waals surface area contributed by atoms with Gasteiger partial charge < -0.3 is 15.0 Å². The molecular weight excluding hydrogens is 518 g/mol. The molecule has 1 fully saturated rings. The Morgan fingerprint density at radius 1 is 0.951 bits per heavy atom. The Bertz CT molecular complexity index is 1060. The molecule has 8 heteroatoms. The smallest absolute Gasteiger partial charge is 0.245 e. The molecule has 1 aliphatic heterocycles. The first-order valence-corrected chi connectivity index (χ1v) is 15.1. The van der Waals surface area contributed by atoms with E-state index in [4.69, 9.17) is 9.57 Å². The lowest BCUT2D eigenvalue weighted by Crippen LogP contribution is -2.54. The van der Waals surface area contributed by atoms with E-state index in [0.717, 1.165) is 43.2 Å². The second-order valence-electron chi connectivity index (χ2n) is 11.3. The van der Waals surface area contributed by atoms with Crippen LogP contribution in [0.4, 0.5) is 0 Å². The fourth-order valence-electron chi connectivity index (χ4n) is 5.16. The summed E-state index contributed by atoms with van der Waals surface area (Å²) in [6.45, 7) is 7.84. The van der Waals surface area contributed by atoms with Crippen LogP contribution in [-0.2, 0) is 37.2 Å². The minimum absolute atomic E-state index is 0.00298. The number of nitrogens with zero attached hydrogens (tertiary/aromatic N) is 1. The second kappa shape index (κ2) is 17.6. The van der Waals surface area contributed by atoms with Crippen LogP contribution in [0.2, 0.25) is 0 Å². The standard InChI is InChI=1S/C33H47N3O5/c1-4-5-8-18-28(21-30(37)35-41-23-27-16-11-7-12-17-27)32(38)34-31(25(2)3)33(39)36-20-13-19-29(36)24-40-22-26-14-9-6-10-15-26/h6-7,9-12,14-17,25,28-29,31H,4-5,8,13,18-24H2,1-3H3,(H,34,38)(H,35,37)/t28-,29+,31+/m0/s1. The van der Waals surface area contributed by atoms with Gasteiger partial charge in [-0.05, 0) is 36.3 Å². The van der Waals surface area contributed by atoms with Crippen LogP contribution in [0, 0.1) is 11.8 Å². The predicted octanol–water partition coefficient (Wildman–Crippen LogP) is 5.17. The molecule has 0 spiro atoms. The third kappa shape index (κ3) is 10.9. The Balaban J connectivity index is 1.56. The van der Waals surface area contributed by atoms with Gasteiger partial charge in [0.25, 0.3) is 0 Å². The molecule has 0 radical (unpaired) electrons. The lowest BCUT2D eigenvalue weighted by atomic mass is 9.94. The summed E-state index contributed by atoms with van der Waals surface area (Å²) in [5, 5.41) is 3.02. The van der Waals surface area contributed by atoms with Gasteiger partial charge in [0, 0.05) is 18.9 Å². The Hall–Kier alpha value is -3.23. The van der Waals surface area contributed by atoms with E-state index in [1.54, 1.807) is 0 Å². The maximum Gasteiger partial charge on any atom is 0.245 e. The predicted molar refractivity (Wildman–Crippen MR) is 159 cm³/mol. The highest BCUT2D eigenvalue weighted by Gasteiger charge is 2.36. The van der Waals surface area contributed by atoms with Crippen LogP contribution >= 0.6 is 0 Å². The number of likely N-dealkylation sites (tertiary alicyclic amines) is 1.